The van der Waals surface area contributed by atoms with Gasteiger partial charge in [0.1, 0.15) is 16.6 Å². The molecule has 0 atom stereocenters. The van der Waals surface area contributed by atoms with Crippen molar-refractivity contribution in [2.45, 2.75) is 12.7 Å². The molecule has 34 heavy (non-hydrogen) atoms. The summed E-state index contributed by atoms with van der Waals surface area (Å²) >= 11 is 6.16. The number of hydrogen-bond donors (Lipinski definition) is 1. The maximum absolute atomic E-state index is 13.0. The highest BCUT2D eigenvalue weighted by molar-refractivity contribution is 6.32. The summed E-state index contributed by atoms with van der Waals surface area (Å²) in [7, 11) is 0. The van der Waals surface area contributed by atoms with E-state index in [9.17, 15) is 22.4 Å². The Hall–Kier alpha value is -3.99. The lowest BCUT2D eigenvalue weighted by Gasteiger charge is -2.11. The van der Waals surface area contributed by atoms with Crippen LogP contribution in [0.1, 0.15) is 11.1 Å². The van der Waals surface area contributed by atoms with Gasteiger partial charge in [0.05, 0.1) is 17.4 Å². The van der Waals surface area contributed by atoms with Gasteiger partial charge in [-0.1, -0.05) is 11.6 Å². The first kappa shape index (κ1) is 23.2. The normalized spacial score (nSPS) is 11.3. The van der Waals surface area contributed by atoms with Gasteiger partial charge in [-0.3, -0.25) is 4.79 Å². The number of anilines is 1. The van der Waals surface area contributed by atoms with Crippen LogP contribution in [0.15, 0.2) is 71.9 Å². The van der Waals surface area contributed by atoms with Gasteiger partial charge >= 0.3 is 6.18 Å². The second-order valence-corrected chi connectivity index (χ2v) is 7.28. The molecule has 0 aliphatic rings. The lowest BCUT2D eigenvalue weighted by atomic mass is 10.2. The lowest BCUT2D eigenvalue weighted by molar-refractivity contribution is -0.137. The second kappa shape index (κ2) is 9.48. The molecule has 3 aromatic heterocycles. The SMILES string of the molecule is O=c1c(Cl)c(NCc2ccnc(Oc3ccc(F)cc3)c2)cnn1-c1ccc(C(F)(F)F)cn1. The summed E-state index contributed by atoms with van der Waals surface area (Å²) in [6, 6.07) is 10.6. The Labute approximate surface area is 194 Å². The summed E-state index contributed by atoms with van der Waals surface area (Å²) in [5, 5.41) is 6.69. The molecule has 0 fully saturated rings. The molecule has 0 spiro atoms. The van der Waals surface area contributed by atoms with Crippen molar-refractivity contribution >= 4 is 17.3 Å². The molecule has 1 aromatic carbocycles. The average Bonchev–Trinajstić information content (AvgIpc) is 2.81. The molecule has 3 heterocycles. The Bertz CT molecular complexity index is 1360. The van der Waals surface area contributed by atoms with Gasteiger partial charge in [-0.15, -0.1) is 0 Å². The van der Waals surface area contributed by atoms with E-state index in [1.807, 2.05) is 0 Å². The molecule has 0 amide bonds. The molecule has 4 rings (SSSR count). The smallest absolute Gasteiger partial charge is 0.417 e. The van der Waals surface area contributed by atoms with Crippen LogP contribution in [-0.2, 0) is 12.7 Å². The molecule has 174 valence electrons. The molecule has 0 aliphatic carbocycles. The van der Waals surface area contributed by atoms with E-state index in [-0.39, 0.29) is 34.8 Å². The fourth-order valence-electron chi connectivity index (χ4n) is 2.84. The van der Waals surface area contributed by atoms with Crippen LogP contribution in [0.4, 0.5) is 23.2 Å². The molecule has 0 saturated heterocycles. The van der Waals surface area contributed by atoms with E-state index in [1.54, 1.807) is 12.1 Å². The highest BCUT2D eigenvalue weighted by Crippen LogP contribution is 2.28. The van der Waals surface area contributed by atoms with E-state index in [0.29, 0.717) is 11.9 Å². The zero-order chi connectivity index (χ0) is 24.3. The van der Waals surface area contributed by atoms with Crippen molar-refractivity contribution in [1.29, 1.82) is 0 Å². The average molecular weight is 492 g/mol. The minimum Gasteiger partial charge on any atom is -0.439 e. The van der Waals surface area contributed by atoms with Crippen LogP contribution in [0.2, 0.25) is 5.02 Å². The summed E-state index contributed by atoms with van der Waals surface area (Å²) < 4.78 is 57.6. The van der Waals surface area contributed by atoms with E-state index in [2.05, 4.69) is 20.4 Å². The molecule has 0 aliphatic heterocycles. The molecular formula is C22H14ClF4N5O2. The van der Waals surface area contributed by atoms with Crippen LogP contribution in [-0.4, -0.2) is 19.7 Å². The second-order valence-electron chi connectivity index (χ2n) is 6.90. The summed E-state index contributed by atoms with van der Waals surface area (Å²) in [4.78, 5) is 20.3. The summed E-state index contributed by atoms with van der Waals surface area (Å²) in [6.07, 6.45) is -1.16. The molecule has 7 nitrogen and oxygen atoms in total. The molecule has 12 heteroatoms. The number of hydrogen-bond acceptors (Lipinski definition) is 6. The largest absolute Gasteiger partial charge is 0.439 e. The van der Waals surface area contributed by atoms with Crippen molar-refractivity contribution in [3.05, 3.63) is 99.4 Å². The Morgan fingerprint density at radius 2 is 1.79 bits per heavy atom. The zero-order valence-corrected chi connectivity index (χ0v) is 17.8. The molecule has 1 N–H and O–H groups in total. The van der Waals surface area contributed by atoms with Gasteiger partial charge in [0, 0.05) is 25.0 Å². The topological polar surface area (TPSA) is 81.9 Å². The van der Waals surface area contributed by atoms with Gasteiger partial charge in [0.25, 0.3) is 5.56 Å². The molecule has 4 aromatic rings. The first-order valence-electron chi connectivity index (χ1n) is 9.64. The Kier molecular flexibility index (Phi) is 6.46. The summed E-state index contributed by atoms with van der Waals surface area (Å²) in [5.41, 5.74) is -0.757. The van der Waals surface area contributed by atoms with Gasteiger partial charge < -0.3 is 10.1 Å². The Morgan fingerprint density at radius 3 is 2.47 bits per heavy atom. The Balaban J connectivity index is 1.47. The number of ether oxygens (including phenoxy) is 1. The standard InChI is InChI=1S/C22H14ClF4N5O2/c23-20-17(12-31-32(21(20)33)18-6-1-14(11-30-18)22(25,26)27)29-10-13-7-8-28-19(9-13)34-16-4-2-15(24)3-5-16/h1-9,11-12,29H,10H2. The zero-order valence-electron chi connectivity index (χ0n) is 17.1. The first-order chi connectivity index (χ1) is 16.2. The predicted octanol–water partition coefficient (Wildman–Crippen LogP) is 5.24. The molecule has 0 radical (unpaired) electrons. The van der Waals surface area contributed by atoms with Crippen molar-refractivity contribution < 1.29 is 22.3 Å². The van der Waals surface area contributed by atoms with Crippen LogP contribution < -0.4 is 15.6 Å². The number of rotatable bonds is 6. The number of alkyl halides is 3. The first-order valence-corrected chi connectivity index (χ1v) is 10.0. The van der Waals surface area contributed by atoms with Crippen LogP contribution in [0.5, 0.6) is 11.6 Å². The van der Waals surface area contributed by atoms with E-state index in [0.717, 1.165) is 22.4 Å². The number of halogens is 5. The van der Waals surface area contributed by atoms with Crippen molar-refractivity contribution in [3.8, 4) is 17.4 Å². The minimum atomic E-state index is -4.55. The van der Waals surface area contributed by atoms with Gasteiger partial charge in [0.2, 0.25) is 5.88 Å². The number of benzene rings is 1. The molecule has 0 bridgehead atoms. The number of pyridine rings is 2. The monoisotopic (exact) mass is 491 g/mol. The van der Waals surface area contributed by atoms with E-state index < -0.39 is 17.3 Å². The number of nitrogens with one attached hydrogen (secondary N) is 1. The fourth-order valence-corrected chi connectivity index (χ4v) is 3.03. The third-order valence-corrected chi connectivity index (χ3v) is 4.89. The van der Waals surface area contributed by atoms with Gasteiger partial charge in [0.15, 0.2) is 5.82 Å². The summed E-state index contributed by atoms with van der Waals surface area (Å²) in [6.45, 7) is 0.228. The third kappa shape index (κ3) is 5.31. The van der Waals surface area contributed by atoms with E-state index in [4.69, 9.17) is 16.3 Å². The van der Waals surface area contributed by atoms with Gasteiger partial charge in [-0.05, 0) is 48.0 Å². The number of aromatic nitrogens is 4. The molecular weight excluding hydrogens is 478 g/mol. The third-order valence-electron chi connectivity index (χ3n) is 4.53. The lowest BCUT2D eigenvalue weighted by Crippen LogP contribution is -2.23. The van der Waals surface area contributed by atoms with Crippen molar-refractivity contribution in [2.75, 3.05) is 5.32 Å². The van der Waals surface area contributed by atoms with Gasteiger partial charge in [-0.25, -0.2) is 14.4 Å². The fraction of sp³-hybridized carbons (Fsp3) is 0.0909. The maximum Gasteiger partial charge on any atom is 0.417 e. The maximum atomic E-state index is 13.0. The van der Waals surface area contributed by atoms with Crippen molar-refractivity contribution in [1.82, 2.24) is 19.7 Å². The summed E-state index contributed by atoms with van der Waals surface area (Å²) in [5.74, 6) is 0.189. The number of nitrogens with zero attached hydrogens (tertiary/aromatic N) is 4. The highest BCUT2D eigenvalue weighted by atomic mass is 35.5. The van der Waals surface area contributed by atoms with Crippen molar-refractivity contribution in [3.63, 3.8) is 0 Å². The quantitative estimate of drug-likeness (QED) is 0.372. The predicted molar refractivity (Wildman–Crippen MR) is 116 cm³/mol. The minimum absolute atomic E-state index is 0.108. The van der Waals surface area contributed by atoms with Crippen LogP contribution in [0.25, 0.3) is 5.82 Å². The van der Waals surface area contributed by atoms with E-state index >= 15 is 0 Å². The van der Waals surface area contributed by atoms with Crippen LogP contribution >= 0.6 is 11.6 Å². The van der Waals surface area contributed by atoms with Crippen molar-refractivity contribution in [2.24, 2.45) is 0 Å². The Morgan fingerprint density at radius 1 is 1.03 bits per heavy atom. The molecule has 0 unspecified atom stereocenters. The molecule has 0 saturated carbocycles. The van der Waals surface area contributed by atoms with Crippen LogP contribution in [0, 0.1) is 5.82 Å². The van der Waals surface area contributed by atoms with E-state index in [1.165, 1.54) is 36.7 Å². The van der Waals surface area contributed by atoms with Gasteiger partial charge in [-0.2, -0.15) is 23.0 Å². The highest BCUT2D eigenvalue weighted by Gasteiger charge is 2.30. The van der Waals surface area contributed by atoms with Crippen LogP contribution in [0.3, 0.4) is 0 Å².